The van der Waals surface area contributed by atoms with Crippen molar-refractivity contribution in [1.82, 2.24) is 14.7 Å². The number of carboxylic acid groups (broad SMARTS) is 1. The number of carboxylic acids is 1. The maximum Gasteiger partial charge on any atom is 0.326 e. The van der Waals surface area contributed by atoms with Crippen molar-refractivity contribution in [3.05, 3.63) is 89.6 Å². The summed E-state index contributed by atoms with van der Waals surface area (Å²) in [5.74, 6) is -0.992. The summed E-state index contributed by atoms with van der Waals surface area (Å²) in [6.07, 6.45) is 2.37. The average Bonchev–Trinajstić information content (AvgIpc) is 3.28. The van der Waals surface area contributed by atoms with Crippen molar-refractivity contribution in [2.45, 2.75) is 32.9 Å². The predicted molar refractivity (Wildman–Crippen MR) is 137 cm³/mol. The molecule has 0 spiro atoms. The molecule has 8 nitrogen and oxygen atoms in total. The second-order valence-electron chi connectivity index (χ2n) is 8.66. The van der Waals surface area contributed by atoms with E-state index in [0.717, 1.165) is 16.9 Å². The molecular weight excluding hydrogens is 454 g/mol. The first-order valence-electron chi connectivity index (χ1n) is 11.7. The maximum absolute atomic E-state index is 12.9. The molecule has 4 aromatic rings. The van der Waals surface area contributed by atoms with Crippen molar-refractivity contribution in [1.29, 1.82) is 5.26 Å². The summed E-state index contributed by atoms with van der Waals surface area (Å²) in [7, 11) is 0. The molecule has 0 aliphatic rings. The fourth-order valence-electron chi connectivity index (χ4n) is 3.95. The van der Waals surface area contributed by atoms with Crippen LogP contribution in [0, 0.1) is 17.2 Å². The monoisotopic (exact) mass is 481 g/mol. The lowest BCUT2D eigenvalue weighted by molar-refractivity contribution is -0.140. The molecule has 0 aliphatic heterocycles. The van der Waals surface area contributed by atoms with Gasteiger partial charge in [0.15, 0.2) is 0 Å². The highest BCUT2D eigenvalue weighted by Gasteiger charge is 2.26. The number of aromatic nitrogens is 2. The number of hydrogen-bond acceptors (Lipinski definition) is 5. The number of pyridine rings is 1. The zero-order valence-corrected chi connectivity index (χ0v) is 20.1. The van der Waals surface area contributed by atoms with Gasteiger partial charge in [0.05, 0.1) is 11.6 Å². The van der Waals surface area contributed by atoms with E-state index in [9.17, 15) is 14.7 Å². The Labute approximate surface area is 209 Å². The van der Waals surface area contributed by atoms with Crippen LogP contribution in [0.3, 0.4) is 0 Å². The van der Waals surface area contributed by atoms with Gasteiger partial charge < -0.3 is 15.7 Å². The van der Waals surface area contributed by atoms with Gasteiger partial charge in [0, 0.05) is 23.9 Å². The van der Waals surface area contributed by atoms with Crippen LogP contribution in [0.5, 0.6) is 0 Å². The molecule has 2 unspecified atom stereocenters. The number of benzene rings is 2. The van der Waals surface area contributed by atoms with Gasteiger partial charge in [-0.15, -0.1) is 0 Å². The molecule has 3 N–H and O–H groups in total. The van der Waals surface area contributed by atoms with E-state index >= 15 is 0 Å². The normalized spacial score (nSPS) is 12.5. The number of fused-ring (bicyclic) bond motifs is 1. The lowest BCUT2D eigenvalue weighted by Crippen LogP contribution is -2.45. The first kappa shape index (κ1) is 24.5. The third-order valence-electron chi connectivity index (χ3n) is 6.24. The summed E-state index contributed by atoms with van der Waals surface area (Å²) in [5, 5.41) is 24.8. The van der Waals surface area contributed by atoms with Crippen LogP contribution in [-0.2, 0) is 11.3 Å². The molecule has 0 saturated heterocycles. The van der Waals surface area contributed by atoms with Crippen molar-refractivity contribution in [3.63, 3.8) is 0 Å². The Bertz CT molecular complexity index is 1420. The second-order valence-corrected chi connectivity index (χ2v) is 8.66. The first-order chi connectivity index (χ1) is 17.4. The van der Waals surface area contributed by atoms with Gasteiger partial charge in [-0.2, -0.15) is 5.26 Å². The van der Waals surface area contributed by atoms with Crippen molar-refractivity contribution >= 4 is 23.3 Å². The number of nitrogens with one attached hydrogen (secondary N) is 2. The number of anilines is 1. The van der Waals surface area contributed by atoms with Gasteiger partial charge in [-0.25, -0.2) is 9.78 Å². The van der Waals surface area contributed by atoms with Gasteiger partial charge in [0.2, 0.25) is 0 Å². The first-order valence-corrected chi connectivity index (χ1v) is 11.7. The molecule has 0 bridgehead atoms. The number of carbonyl (C=O) groups excluding carboxylic acids is 1. The average molecular weight is 482 g/mol. The highest BCUT2D eigenvalue weighted by molar-refractivity contribution is 5.97. The quantitative estimate of drug-likeness (QED) is 0.318. The van der Waals surface area contributed by atoms with Crippen LogP contribution in [0.2, 0.25) is 0 Å². The van der Waals surface area contributed by atoms with Gasteiger partial charge in [-0.3, -0.25) is 9.20 Å². The zero-order chi connectivity index (χ0) is 25.7. The number of hydrogen-bond donors (Lipinski definition) is 3. The molecule has 4 rings (SSSR count). The smallest absolute Gasteiger partial charge is 0.326 e. The molecule has 2 aromatic carbocycles. The zero-order valence-electron chi connectivity index (χ0n) is 20.1. The van der Waals surface area contributed by atoms with Crippen molar-refractivity contribution in [2.75, 3.05) is 5.32 Å². The Morgan fingerprint density at radius 1 is 1.11 bits per heavy atom. The van der Waals surface area contributed by atoms with Gasteiger partial charge in [0.1, 0.15) is 23.2 Å². The SMILES string of the molecule is CCC(C)C(NC(=O)c1ccn2c(NCc3ccccc3)c(-c3ccc(C#N)cc3)nc2c1)C(=O)O. The van der Waals surface area contributed by atoms with Crippen LogP contribution in [0.4, 0.5) is 5.82 Å². The third kappa shape index (κ3) is 5.20. The minimum atomic E-state index is -1.06. The van der Waals surface area contributed by atoms with Gasteiger partial charge >= 0.3 is 5.97 Å². The number of carbonyl (C=O) groups is 2. The molecule has 0 radical (unpaired) electrons. The number of nitriles is 1. The molecule has 36 heavy (non-hydrogen) atoms. The summed E-state index contributed by atoms with van der Waals surface area (Å²) in [6.45, 7) is 4.25. The minimum Gasteiger partial charge on any atom is -0.480 e. The van der Waals surface area contributed by atoms with Crippen LogP contribution >= 0.6 is 0 Å². The Kier molecular flexibility index (Phi) is 7.31. The number of amides is 1. The molecule has 0 saturated carbocycles. The highest BCUT2D eigenvalue weighted by atomic mass is 16.4. The van der Waals surface area contributed by atoms with E-state index in [1.807, 2.05) is 53.8 Å². The highest BCUT2D eigenvalue weighted by Crippen LogP contribution is 2.30. The number of rotatable bonds is 9. The molecule has 8 heteroatoms. The summed E-state index contributed by atoms with van der Waals surface area (Å²) in [6, 6.07) is 21.5. The molecule has 2 heterocycles. The summed E-state index contributed by atoms with van der Waals surface area (Å²) in [5.41, 5.74) is 4.00. The van der Waals surface area contributed by atoms with E-state index in [2.05, 4.69) is 16.7 Å². The second kappa shape index (κ2) is 10.7. The Morgan fingerprint density at radius 3 is 2.47 bits per heavy atom. The molecule has 2 atom stereocenters. The fourth-order valence-corrected chi connectivity index (χ4v) is 3.95. The largest absolute Gasteiger partial charge is 0.480 e. The number of nitrogens with zero attached hydrogens (tertiary/aromatic N) is 3. The number of imidazole rings is 1. The van der Waals surface area contributed by atoms with Crippen LogP contribution in [-0.4, -0.2) is 32.4 Å². The Morgan fingerprint density at radius 2 is 1.83 bits per heavy atom. The maximum atomic E-state index is 12.9. The van der Waals surface area contributed by atoms with E-state index in [-0.39, 0.29) is 5.92 Å². The molecule has 182 valence electrons. The topological polar surface area (TPSA) is 120 Å². The van der Waals surface area contributed by atoms with E-state index in [1.54, 1.807) is 37.4 Å². The van der Waals surface area contributed by atoms with Crippen LogP contribution < -0.4 is 10.6 Å². The van der Waals surface area contributed by atoms with E-state index < -0.39 is 17.9 Å². The Balaban J connectivity index is 1.71. The standard InChI is InChI=1S/C28H27N5O3/c1-3-18(2)24(28(35)36)32-27(34)22-13-14-33-23(15-22)31-25(21-11-9-19(16-29)10-12-21)26(33)30-17-20-7-5-4-6-8-20/h4-15,18,24,30H,3,17H2,1-2H3,(H,32,34)(H,35,36). The molecule has 0 aliphatic carbocycles. The van der Waals surface area contributed by atoms with Gasteiger partial charge in [-0.1, -0.05) is 62.7 Å². The molecule has 2 aromatic heterocycles. The van der Waals surface area contributed by atoms with E-state index in [0.29, 0.717) is 35.4 Å². The van der Waals surface area contributed by atoms with Crippen molar-refractivity contribution < 1.29 is 14.7 Å². The van der Waals surface area contributed by atoms with Gasteiger partial charge in [-0.05, 0) is 35.7 Å². The predicted octanol–water partition coefficient (Wildman–Crippen LogP) is 4.71. The summed E-state index contributed by atoms with van der Waals surface area (Å²) in [4.78, 5) is 29.3. The Hall–Kier alpha value is -4.64. The fraction of sp³-hybridized carbons (Fsp3) is 0.214. The van der Waals surface area contributed by atoms with Crippen LogP contribution in [0.1, 0.15) is 41.8 Å². The minimum absolute atomic E-state index is 0.210. The van der Waals surface area contributed by atoms with E-state index in [4.69, 9.17) is 10.2 Å². The van der Waals surface area contributed by atoms with Crippen LogP contribution in [0.25, 0.3) is 16.9 Å². The molecular formula is C28H27N5O3. The van der Waals surface area contributed by atoms with Crippen molar-refractivity contribution in [3.8, 4) is 17.3 Å². The number of aliphatic carboxylic acids is 1. The lowest BCUT2D eigenvalue weighted by atomic mass is 9.99. The lowest BCUT2D eigenvalue weighted by Gasteiger charge is -2.20. The third-order valence-corrected chi connectivity index (χ3v) is 6.24. The van der Waals surface area contributed by atoms with Crippen LogP contribution in [0.15, 0.2) is 72.9 Å². The molecule has 1 amide bonds. The molecule has 0 fully saturated rings. The van der Waals surface area contributed by atoms with E-state index in [1.165, 1.54) is 0 Å². The summed E-state index contributed by atoms with van der Waals surface area (Å²) >= 11 is 0. The summed E-state index contributed by atoms with van der Waals surface area (Å²) < 4.78 is 1.86. The van der Waals surface area contributed by atoms with Crippen molar-refractivity contribution in [2.24, 2.45) is 5.92 Å². The van der Waals surface area contributed by atoms with Gasteiger partial charge in [0.25, 0.3) is 5.91 Å².